The lowest BCUT2D eigenvalue weighted by Gasteiger charge is -2.31. The van der Waals surface area contributed by atoms with Crippen LogP contribution in [0.1, 0.15) is 73.1 Å². The van der Waals surface area contributed by atoms with Gasteiger partial charge in [0.2, 0.25) is 0 Å². The van der Waals surface area contributed by atoms with Crippen LogP contribution >= 0.6 is 0 Å². The zero-order valence-corrected chi connectivity index (χ0v) is 14.9. The molecule has 0 unspecified atom stereocenters. The molecule has 0 aromatic heterocycles. The molecule has 23 heavy (non-hydrogen) atoms. The van der Waals surface area contributed by atoms with Gasteiger partial charge in [0.25, 0.3) is 0 Å². The number of ketones is 3. The number of hydrogen-bond acceptors (Lipinski definition) is 5. The van der Waals surface area contributed by atoms with Crippen LogP contribution in [0.25, 0.3) is 0 Å². The average Bonchev–Trinajstić information content (AvgIpc) is 2.29. The maximum atomic E-state index is 12.1. The molecule has 1 rings (SSSR count). The fourth-order valence-electron chi connectivity index (χ4n) is 2.85. The van der Waals surface area contributed by atoms with Gasteiger partial charge >= 0.3 is 5.97 Å². The molecule has 0 saturated heterocycles. The molecule has 5 heteroatoms. The second-order valence-corrected chi connectivity index (χ2v) is 8.14. The summed E-state index contributed by atoms with van der Waals surface area (Å²) in [5.74, 6) is -2.20. The predicted molar refractivity (Wildman–Crippen MR) is 85.8 cm³/mol. The van der Waals surface area contributed by atoms with Gasteiger partial charge in [-0.25, -0.2) is 0 Å². The first-order chi connectivity index (χ1) is 10.4. The lowest BCUT2D eigenvalue weighted by Crippen LogP contribution is -2.41. The Morgan fingerprint density at radius 2 is 1.52 bits per heavy atom. The standard InChI is InChI=1S/C18H28O5/c1-17(2,3)23-15(22)9-7-6-8-12(19)16-13(20)10-18(4,5)11-14(16)21/h16H,6-11H2,1-5H3. The lowest BCUT2D eigenvalue weighted by molar-refractivity contribution is -0.155. The van der Waals surface area contributed by atoms with E-state index < -0.39 is 11.5 Å². The highest BCUT2D eigenvalue weighted by Gasteiger charge is 2.42. The van der Waals surface area contributed by atoms with E-state index in [1.807, 2.05) is 13.8 Å². The number of hydrogen-bond donors (Lipinski definition) is 0. The van der Waals surface area contributed by atoms with Gasteiger partial charge in [-0.3, -0.25) is 19.2 Å². The Balaban J connectivity index is 2.39. The van der Waals surface area contributed by atoms with Crippen molar-refractivity contribution < 1.29 is 23.9 Å². The van der Waals surface area contributed by atoms with Gasteiger partial charge in [0, 0.05) is 25.7 Å². The molecule has 1 aliphatic carbocycles. The van der Waals surface area contributed by atoms with Crippen molar-refractivity contribution in [1.29, 1.82) is 0 Å². The largest absolute Gasteiger partial charge is 0.460 e. The van der Waals surface area contributed by atoms with Crippen LogP contribution in [0.5, 0.6) is 0 Å². The molecule has 0 N–H and O–H groups in total. The van der Waals surface area contributed by atoms with E-state index in [0.717, 1.165) is 0 Å². The van der Waals surface area contributed by atoms with E-state index in [1.54, 1.807) is 20.8 Å². The number of Topliss-reactive ketones (excluding diaryl/α,β-unsaturated/α-hetero) is 3. The molecule has 1 aliphatic rings. The van der Waals surface area contributed by atoms with Crippen LogP contribution in [0.4, 0.5) is 0 Å². The van der Waals surface area contributed by atoms with Crippen molar-refractivity contribution in [3.8, 4) is 0 Å². The lowest BCUT2D eigenvalue weighted by atomic mass is 9.70. The van der Waals surface area contributed by atoms with Gasteiger partial charge in [-0.2, -0.15) is 0 Å². The summed E-state index contributed by atoms with van der Waals surface area (Å²) in [5, 5.41) is 0. The third kappa shape index (κ3) is 6.63. The molecule has 0 bridgehead atoms. The maximum absolute atomic E-state index is 12.1. The third-order valence-electron chi connectivity index (χ3n) is 3.75. The summed E-state index contributed by atoms with van der Waals surface area (Å²) in [6, 6.07) is 0. The van der Waals surface area contributed by atoms with Crippen LogP contribution in [0.2, 0.25) is 0 Å². The van der Waals surface area contributed by atoms with Gasteiger partial charge in [-0.15, -0.1) is 0 Å². The monoisotopic (exact) mass is 324 g/mol. The summed E-state index contributed by atoms with van der Waals surface area (Å²) in [4.78, 5) is 47.8. The summed E-state index contributed by atoms with van der Waals surface area (Å²) in [6.07, 6.45) is 1.94. The fourth-order valence-corrected chi connectivity index (χ4v) is 2.85. The SMILES string of the molecule is CC1(C)CC(=O)C(C(=O)CCCCC(=O)OC(C)(C)C)C(=O)C1. The van der Waals surface area contributed by atoms with Gasteiger partial charge in [-0.05, 0) is 39.0 Å². The summed E-state index contributed by atoms with van der Waals surface area (Å²) in [7, 11) is 0. The number of esters is 1. The molecule has 0 aromatic carbocycles. The van der Waals surface area contributed by atoms with Crippen LogP contribution in [-0.2, 0) is 23.9 Å². The van der Waals surface area contributed by atoms with E-state index in [-0.39, 0.29) is 54.4 Å². The maximum Gasteiger partial charge on any atom is 0.306 e. The Labute approximate surface area is 138 Å². The van der Waals surface area contributed by atoms with E-state index in [2.05, 4.69) is 0 Å². The molecular formula is C18H28O5. The van der Waals surface area contributed by atoms with E-state index in [4.69, 9.17) is 4.74 Å². The number of ether oxygens (including phenoxy) is 1. The highest BCUT2D eigenvalue weighted by molar-refractivity contribution is 6.20. The summed E-state index contributed by atoms with van der Waals surface area (Å²) < 4.78 is 5.19. The number of carbonyl (C=O) groups excluding carboxylic acids is 4. The number of rotatable bonds is 6. The first-order valence-corrected chi connectivity index (χ1v) is 8.21. The third-order valence-corrected chi connectivity index (χ3v) is 3.75. The van der Waals surface area contributed by atoms with Crippen molar-refractivity contribution in [3.63, 3.8) is 0 Å². The van der Waals surface area contributed by atoms with Crippen LogP contribution in [0.3, 0.4) is 0 Å². The molecule has 1 fully saturated rings. The molecule has 130 valence electrons. The Bertz CT molecular complexity index is 476. The van der Waals surface area contributed by atoms with Crippen molar-refractivity contribution in [3.05, 3.63) is 0 Å². The quantitative estimate of drug-likeness (QED) is 0.426. The highest BCUT2D eigenvalue weighted by atomic mass is 16.6. The van der Waals surface area contributed by atoms with Crippen molar-refractivity contribution in [2.45, 2.75) is 78.7 Å². The predicted octanol–water partition coefficient (Wildman–Crippen LogP) is 3.03. The summed E-state index contributed by atoms with van der Waals surface area (Å²) in [5.41, 5.74) is -0.859. The van der Waals surface area contributed by atoms with Crippen molar-refractivity contribution in [2.75, 3.05) is 0 Å². The van der Waals surface area contributed by atoms with Crippen LogP contribution in [0, 0.1) is 11.3 Å². The first-order valence-electron chi connectivity index (χ1n) is 8.21. The molecule has 0 radical (unpaired) electrons. The minimum absolute atomic E-state index is 0.158. The van der Waals surface area contributed by atoms with Gasteiger partial charge < -0.3 is 4.74 Å². The van der Waals surface area contributed by atoms with Gasteiger partial charge in [-0.1, -0.05) is 13.8 Å². The number of unbranched alkanes of at least 4 members (excludes halogenated alkanes) is 1. The van der Waals surface area contributed by atoms with Crippen molar-refractivity contribution in [1.82, 2.24) is 0 Å². The van der Waals surface area contributed by atoms with E-state index in [1.165, 1.54) is 0 Å². The molecular weight excluding hydrogens is 296 g/mol. The van der Waals surface area contributed by atoms with Gasteiger partial charge in [0.1, 0.15) is 11.5 Å². The fraction of sp³-hybridized carbons (Fsp3) is 0.778. The normalized spacial score (nSPS) is 18.8. The zero-order chi connectivity index (χ0) is 17.8. The van der Waals surface area contributed by atoms with Crippen LogP contribution in [0.15, 0.2) is 0 Å². The van der Waals surface area contributed by atoms with E-state index >= 15 is 0 Å². The number of carbonyl (C=O) groups is 4. The Morgan fingerprint density at radius 3 is 2.00 bits per heavy atom. The van der Waals surface area contributed by atoms with Gasteiger partial charge in [0.15, 0.2) is 17.3 Å². The summed E-state index contributed by atoms with van der Waals surface area (Å²) >= 11 is 0. The minimum Gasteiger partial charge on any atom is -0.460 e. The molecule has 1 saturated carbocycles. The average molecular weight is 324 g/mol. The van der Waals surface area contributed by atoms with Crippen LogP contribution < -0.4 is 0 Å². The second kappa shape index (κ2) is 7.37. The Kier molecular flexibility index (Phi) is 6.25. The van der Waals surface area contributed by atoms with Crippen molar-refractivity contribution >= 4 is 23.3 Å². The van der Waals surface area contributed by atoms with Gasteiger partial charge in [0.05, 0.1) is 0 Å². The summed E-state index contributed by atoms with van der Waals surface area (Å²) in [6.45, 7) is 9.14. The highest BCUT2D eigenvalue weighted by Crippen LogP contribution is 2.34. The first kappa shape index (κ1) is 19.5. The molecule has 0 aliphatic heterocycles. The molecule has 0 aromatic rings. The molecule has 0 heterocycles. The molecule has 5 nitrogen and oxygen atoms in total. The molecule has 0 spiro atoms. The Morgan fingerprint density at radius 1 is 1.04 bits per heavy atom. The molecule has 0 atom stereocenters. The Hall–Kier alpha value is -1.52. The van der Waals surface area contributed by atoms with Crippen molar-refractivity contribution in [2.24, 2.45) is 11.3 Å². The minimum atomic E-state index is -1.08. The smallest absolute Gasteiger partial charge is 0.306 e. The molecule has 0 amide bonds. The van der Waals surface area contributed by atoms with E-state index in [0.29, 0.717) is 12.8 Å². The second-order valence-electron chi connectivity index (χ2n) is 8.14. The van der Waals surface area contributed by atoms with E-state index in [9.17, 15) is 19.2 Å². The zero-order valence-electron chi connectivity index (χ0n) is 14.9. The topological polar surface area (TPSA) is 77.5 Å². The van der Waals surface area contributed by atoms with Crippen LogP contribution in [-0.4, -0.2) is 28.9 Å².